The summed E-state index contributed by atoms with van der Waals surface area (Å²) >= 11 is 0. The number of fused-ring (bicyclic) bond motifs is 1. The van der Waals surface area contributed by atoms with E-state index < -0.39 is 35.7 Å². The van der Waals surface area contributed by atoms with Gasteiger partial charge in [-0.25, -0.2) is 4.79 Å². The maximum absolute atomic E-state index is 13.6. The fourth-order valence-electron chi connectivity index (χ4n) is 2.76. The minimum Gasteiger partial charge on any atom is -0.482 e. The number of esters is 1. The quantitative estimate of drug-likeness (QED) is 0.492. The number of carbonyl (C=O) groups excluding carboxylic acids is 1. The Morgan fingerprint density at radius 1 is 1.10 bits per heavy atom. The molecule has 2 aromatic carbocycles. The molecule has 1 heterocycles. The van der Waals surface area contributed by atoms with Crippen molar-refractivity contribution >= 4 is 16.9 Å². The van der Waals surface area contributed by atoms with Gasteiger partial charge >= 0.3 is 12.1 Å². The molecule has 0 unspecified atom stereocenters. The van der Waals surface area contributed by atoms with Crippen molar-refractivity contribution in [3.8, 4) is 17.2 Å². The summed E-state index contributed by atoms with van der Waals surface area (Å²) in [6.07, 6.45) is -5.32. The van der Waals surface area contributed by atoms with E-state index in [-0.39, 0.29) is 28.6 Å². The Labute approximate surface area is 175 Å². The molecule has 31 heavy (non-hydrogen) atoms. The van der Waals surface area contributed by atoms with E-state index in [0.717, 1.165) is 11.6 Å². The molecule has 9 heteroatoms. The molecular weight excluding hydrogens is 417 g/mol. The van der Waals surface area contributed by atoms with Gasteiger partial charge in [0.15, 0.2) is 6.61 Å². The first kappa shape index (κ1) is 22.2. The lowest BCUT2D eigenvalue weighted by molar-refractivity contribution is -0.154. The third-order valence-corrected chi connectivity index (χ3v) is 4.01. The summed E-state index contributed by atoms with van der Waals surface area (Å²) in [7, 11) is 0. The molecule has 6 nitrogen and oxygen atoms in total. The molecule has 1 aromatic heterocycles. The van der Waals surface area contributed by atoms with Gasteiger partial charge in [-0.15, -0.1) is 0 Å². The number of halogens is 3. The first-order valence-corrected chi connectivity index (χ1v) is 9.29. The molecule has 0 aliphatic heterocycles. The van der Waals surface area contributed by atoms with Crippen LogP contribution in [0.25, 0.3) is 11.0 Å². The summed E-state index contributed by atoms with van der Waals surface area (Å²) in [5.74, 6) is -3.06. The molecule has 0 N–H and O–H groups in total. The van der Waals surface area contributed by atoms with Gasteiger partial charge in [-0.05, 0) is 50.6 Å². The molecule has 0 bridgehead atoms. The van der Waals surface area contributed by atoms with Crippen LogP contribution in [0.4, 0.5) is 13.2 Å². The van der Waals surface area contributed by atoms with Crippen LogP contribution in [-0.4, -0.2) is 18.7 Å². The number of carbonyl (C=O) groups is 1. The van der Waals surface area contributed by atoms with Crippen LogP contribution in [0.5, 0.6) is 17.2 Å². The lowest BCUT2D eigenvalue weighted by Crippen LogP contribution is -2.19. The van der Waals surface area contributed by atoms with Gasteiger partial charge in [0, 0.05) is 6.07 Å². The smallest absolute Gasteiger partial charge is 0.453 e. The first-order chi connectivity index (χ1) is 14.5. The Morgan fingerprint density at radius 2 is 1.84 bits per heavy atom. The Hall–Kier alpha value is -3.49. The minimum absolute atomic E-state index is 0.0387. The van der Waals surface area contributed by atoms with Gasteiger partial charge < -0.3 is 18.6 Å². The van der Waals surface area contributed by atoms with Crippen molar-refractivity contribution in [2.45, 2.75) is 33.1 Å². The zero-order valence-corrected chi connectivity index (χ0v) is 16.9. The van der Waals surface area contributed by atoms with E-state index >= 15 is 0 Å². The van der Waals surface area contributed by atoms with Crippen molar-refractivity contribution in [3.63, 3.8) is 0 Å². The van der Waals surface area contributed by atoms with Crippen LogP contribution in [0, 0.1) is 6.92 Å². The van der Waals surface area contributed by atoms with E-state index in [2.05, 4.69) is 0 Å². The van der Waals surface area contributed by atoms with E-state index in [0.29, 0.717) is 0 Å². The molecule has 0 amide bonds. The molecule has 0 fully saturated rings. The fraction of sp³-hybridized carbons (Fsp3) is 0.273. The number of alkyl halides is 3. The number of rotatable bonds is 6. The second-order valence-electron chi connectivity index (χ2n) is 6.99. The van der Waals surface area contributed by atoms with Gasteiger partial charge in [0.1, 0.15) is 17.1 Å². The number of hydrogen-bond acceptors (Lipinski definition) is 6. The van der Waals surface area contributed by atoms with Crippen LogP contribution in [0.3, 0.4) is 0 Å². The summed E-state index contributed by atoms with van der Waals surface area (Å²) in [6.45, 7) is 4.61. The van der Waals surface area contributed by atoms with E-state index in [4.69, 9.17) is 18.6 Å². The summed E-state index contributed by atoms with van der Waals surface area (Å²) in [5.41, 5.74) is -0.599. The molecule has 0 aliphatic rings. The zero-order chi connectivity index (χ0) is 22.8. The Kier molecular flexibility index (Phi) is 6.24. The van der Waals surface area contributed by atoms with Crippen LogP contribution in [-0.2, 0) is 15.7 Å². The molecule has 0 atom stereocenters. The van der Waals surface area contributed by atoms with Crippen molar-refractivity contribution in [3.05, 3.63) is 64.0 Å². The Bertz CT molecular complexity index is 1160. The normalized spacial score (nSPS) is 11.6. The van der Waals surface area contributed by atoms with Gasteiger partial charge in [-0.1, -0.05) is 12.1 Å². The maximum Gasteiger partial charge on any atom is 0.453 e. The predicted molar refractivity (Wildman–Crippen MR) is 105 cm³/mol. The van der Waals surface area contributed by atoms with E-state index in [1.54, 1.807) is 32.9 Å². The fourth-order valence-corrected chi connectivity index (χ4v) is 2.76. The molecule has 3 aromatic rings. The van der Waals surface area contributed by atoms with Crippen molar-refractivity contribution < 1.29 is 36.6 Å². The summed E-state index contributed by atoms with van der Waals surface area (Å²) in [4.78, 5) is 24.4. The topological polar surface area (TPSA) is 75.0 Å². The van der Waals surface area contributed by atoms with Gasteiger partial charge in [-0.3, -0.25) is 4.79 Å². The third-order valence-electron chi connectivity index (χ3n) is 4.01. The molecule has 0 spiro atoms. The second-order valence-corrected chi connectivity index (χ2v) is 6.99. The van der Waals surface area contributed by atoms with E-state index in [1.165, 1.54) is 24.3 Å². The molecule has 0 radical (unpaired) electrons. The lowest BCUT2D eigenvalue weighted by atomic mass is 10.2. The summed E-state index contributed by atoms with van der Waals surface area (Å²) in [5, 5.41) is -0.132. The molecule has 0 saturated heterocycles. The van der Waals surface area contributed by atoms with Crippen molar-refractivity contribution in [1.29, 1.82) is 0 Å². The number of ether oxygens (including phenoxy) is 3. The molecule has 3 rings (SSSR count). The van der Waals surface area contributed by atoms with Crippen LogP contribution in [0.2, 0.25) is 0 Å². The van der Waals surface area contributed by atoms with Gasteiger partial charge in [0.2, 0.25) is 11.2 Å². The zero-order valence-electron chi connectivity index (χ0n) is 16.9. The van der Waals surface area contributed by atoms with E-state index in [1.807, 2.05) is 0 Å². The largest absolute Gasteiger partial charge is 0.482 e. The van der Waals surface area contributed by atoms with Crippen LogP contribution in [0.1, 0.15) is 25.2 Å². The maximum atomic E-state index is 13.6. The third kappa shape index (κ3) is 5.36. The number of benzene rings is 2. The number of aryl methyl sites for hydroxylation is 1. The van der Waals surface area contributed by atoms with Crippen molar-refractivity contribution in [1.82, 2.24) is 0 Å². The molecule has 164 valence electrons. The minimum atomic E-state index is -4.98. The van der Waals surface area contributed by atoms with Crippen molar-refractivity contribution in [2.24, 2.45) is 0 Å². The molecule has 0 aliphatic carbocycles. The highest BCUT2D eigenvalue weighted by Crippen LogP contribution is 2.38. The number of hydrogen-bond donors (Lipinski definition) is 0. The monoisotopic (exact) mass is 436 g/mol. The van der Waals surface area contributed by atoms with Gasteiger partial charge in [0.25, 0.3) is 5.76 Å². The SMILES string of the molecule is Cc1cccc(Oc2c(C(F)(F)F)oc3cc(OCC(=O)OC(C)C)ccc3c2=O)c1. The average Bonchev–Trinajstić information content (AvgIpc) is 2.67. The van der Waals surface area contributed by atoms with Crippen LogP contribution in [0.15, 0.2) is 51.7 Å². The second kappa shape index (κ2) is 8.71. The molecule has 0 saturated carbocycles. The first-order valence-electron chi connectivity index (χ1n) is 9.29. The highest BCUT2D eigenvalue weighted by molar-refractivity contribution is 5.80. The van der Waals surface area contributed by atoms with Gasteiger partial charge in [0.05, 0.1) is 11.5 Å². The van der Waals surface area contributed by atoms with Crippen molar-refractivity contribution in [2.75, 3.05) is 6.61 Å². The predicted octanol–water partition coefficient (Wildman–Crippen LogP) is 5.24. The lowest BCUT2D eigenvalue weighted by Gasteiger charge is -2.14. The van der Waals surface area contributed by atoms with E-state index in [9.17, 15) is 22.8 Å². The highest BCUT2D eigenvalue weighted by atomic mass is 19.4. The summed E-state index contributed by atoms with van der Waals surface area (Å²) in [6, 6.07) is 9.94. The standard InChI is InChI=1S/C22H19F3O6/c1-12(2)29-18(26)11-28-14-7-8-16-17(10-14)31-21(22(23,24)25)20(19(16)27)30-15-6-4-5-13(3)9-15/h4-10,12H,11H2,1-3H3. The van der Waals surface area contributed by atoms with Gasteiger partial charge in [-0.2, -0.15) is 13.2 Å². The average molecular weight is 436 g/mol. The highest BCUT2D eigenvalue weighted by Gasteiger charge is 2.40. The Morgan fingerprint density at radius 3 is 2.48 bits per heavy atom. The Balaban J connectivity index is 2.00. The van der Waals surface area contributed by atoms with Crippen LogP contribution >= 0.6 is 0 Å². The van der Waals surface area contributed by atoms with Crippen LogP contribution < -0.4 is 14.9 Å². The summed E-state index contributed by atoms with van der Waals surface area (Å²) < 4.78 is 61.3. The molecular formula is C22H19F3O6.